The van der Waals surface area contributed by atoms with E-state index in [2.05, 4.69) is 17.4 Å². The van der Waals surface area contributed by atoms with E-state index in [9.17, 15) is 9.59 Å². The molecular weight excluding hydrogens is 374 g/mol. The molecule has 0 saturated carbocycles. The number of nitrogens with one attached hydrogen (secondary N) is 1. The minimum Gasteiger partial charge on any atom is -0.378 e. The first-order valence-corrected chi connectivity index (χ1v) is 10.7. The Labute approximate surface area is 178 Å². The fourth-order valence-electron chi connectivity index (χ4n) is 4.41. The van der Waals surface area contributed by atoms with Gasteiger partial charge in [-0.1, -0.05) is 31.2 Å². The van der Waals surface area contributed by atoms with E-state index in [1.807, 2.05) is 67.2 Å². The van der Waals surface area contributed by atoms with Gasteiger partial charge in [-0.15, -0.1) is 0 Å². The number of para-hydroxylation sites is 2. The fraction of sp³-hybridized carbons (Fsp3) is 0.360. The first-order chi connectivity index (χ1) is 14.5. The van der Waals surface area contributed by atoms with Crippen LogP contribution in [0.4, 0.5) is 17.1 Å². The first-order valence-electron chi connectivity index (χ1n) is 10.7. The molecule has 30 heavy (non-hydrogen) atoms. The number of anilines is 3. The normalized spacial score (nSPS) is 18.3. The molecule has 4 rings (SSSR count). The summed E-state index contributed by atoms with van der Waals surface area (Å²) in [5.74, 6) is 0.174. The number of fused-ring (bicyclic) bond motifs is 1. The number of carbonyl (C=O) groups excluding carboxylic acids is 2. The van der Waals surface area contributed by atoms with E-state index in [0.29, 0.717) is 12.8 Å². The first kappa shape index (κ1) is 20.2. The van der Waals surface area contributed by atoms with Gasteiger partial charge in [-0.25, -0.2) is 0 Å². The molecule has 1 aliphatic carbocycles. The third-order valence-electron chi connectivity index (χ3n) is 5.89. The van der Waals surface area contributed by atoms with Crippen LogP contribution in [0.5, 0.6) is 0 Å². The van der Waals surface area contributed by atoms with Gasteiger partial charge in [-0.05, 0) is 49.1 Å². The average molecular weight is 404 g/mol. The van der Waals surface area contributed by atoms with Gasteiger partial charge in [0.05, 0.1) is 17.4 Å². The molecule has 2 aromatic carbocycles. The van der Waals surface area contributed by atoms with Gasteiger partial charge in [-0.2, -0.15) is 0 Å². The Morgan fingerprint density at radius 1 is 1.10 bits per heavy atom. The molecule has 0 saturated heterocycles. The maximum atomic E-state index is 13.4. The van der Waals surface area contributed by atoms with E-state index in [0.717, 1.165) is 53.2 Å². The quantitative estimate of drug-likeness (QED) is 0.775. The van der Waals surface area contributed by atoms with Crippen LogP contribution < -0.4 is 15.1 Å². The summed E-state index contributed by atoms with van der Waals surface area (Å²) in [7, 11) is 4.01. The van der Waals surface area contributed by atoms with Gasteiger partial charge in [0.2, 0.25) is 5.91 Å². The highest BCUT2D eigenvalue weighted by Gasteiger charge is 2.39. The van der Waals surface area contributed by atoms with Crippen LogP contribution in [0.25, 0.3) is 0 Å². The Hall–Kier alpha value is -3.08. The zero-order valence-electron chi connectivity index (χ0n) is 17.9. The van der Waals surface area contributed by atoms with Gasteiger partial charge in [0, 0.05) is 43.9 Å². The third-order valence-corrected chi connectivity index (χ3v) is 5.89. The van der Waals surface area contributed by atoms with E-state index in [-0.39, 0.29) is 11.7 Å². The highest BCUT2D eigenvalue weighted by Crippen LogP contribution is 2.45. The minimum atomic E-state index is -0.417. The fourth-order valence-corrected chi connectivity index (χ4v) is 4.41. The lowest BCUT2D eigenvalue weighted by atomic mass is 9.85. The molecule has 0 fully saturated rings. The molecule has 0 radical (unpaired) electrons. The Balaban J connectivity index is 1.94. The summed E-state index contributed by atoms with van der Waals surface area (Å²) in [4.78, 5) is 30.5. The number of allylic oxidation sites excluding steroid dienone is 1. The maximum absolute atomic E-state index is 13.4. The maximum Gasteiger partial charge on any atom is 0.227 e. The summed E-state index contributed by atoms with van der Waals surface area (Å²) >= 11 is 0. The number of amides is 1. The van der Waals surface area contributed by atoms with E-state index in [1.165, 1.54) is 0 Å². The Morgan fingerprint density at radius 3 is 2.53 bits per heavy atom. The number of rotatable bonds is 4. The molecule has 2 aliphatic rings. The zero-order chi connectivity index (χ0) is 21.3. The second-order valence-electron chi connectivity index (χ2n) is 8.21. The lowest BCUT2D eigenvalue weighted by molar-refractivity contribution is -0.119. The summed E-state index contributed by atoms with van der Waals surface area (Å²) in [5.41, 5.74) is 5.45. The SMILES string of the molecule is CCCC(=O)N1c2ccccc2NC2=C(C(=O)CCC2)C1c1ccc(N(C)C)cc1. The van der Waals surface area contributed by atoms with Crippen molar-refractivity contribution in [2.45, 2.75) is 45.1 Å². The Morgan fingerprint density at radius 2 is 1.83 bits per heavy atom. The monoisotopic (exact) mass is 403 g/mol. The van der Waals surface area contributed by atoms with Crippen LogP contribution in [0.3, 0.4) is 0 Å². The molecular formula is C25H29N3O2. The number of ketones is 1. The summed E-state index contributed by atoms with van der Waals surface area (Å²) in [6.45, 7) is 2.01. The highest BCUT2D eigenvalue weighted by atomic mass is 16.2. The van der Waals surface area contributed by atoms with Crippen LogP contribution >= 0.6 is 0 Å². The van der Waals surface area contributed by atoms with Gasteiger partial charge in [0.15, 0.2) is 5.78 Å². The third kappa shape index (κ3) is 3.60. The van der Waals surface area contributed by atoms with Crippen molar-refractivity contribution < 1.29 is 9.59 Å². The summed E-state index contributed by atoms with van der Waals surface area (Å²) in [5, 5.41) is 3.50. The van der Waals surface area contributed by atoms with Crippen molar-refractivity contribution in [3.63, 3.8) is 0 Å². The van der Waals surface area contributed by atoms with Gasteiger partial charge >= 0.3 is 0 Å². The predicted molar refractivity (Wildman–Crippen MR) is 122 cm³/mol. The standard InChI is InChI=1S/C25H29N3O2/c1-4-8-23(30)28-21-11-6-5-9-19(21)26-20-10-7-12-22(29)24(20)25(28)17-13-15-18(16-14-17)27(2)3/h5-6,9,11,13-16,25-26H,4,7-8,10,12H2,1-3H3. The Bertz CT molecular complexity index is 992. The number of benzene rings is 2. The number of Topliss-reactive ketones (excluding diaryl/α,β-unsaturated/α-hetero) is 1. The molecule has 2 aromatic rings. The smallest absolute Gasteiger partial charge is 0.227 e. The largest absolute Gasteiger partial charge is 0.378 e. The van der Waals surface area contributed by atoms with E-state index in [1.54, 1.807) is 0 Å². The summed E-state index contributed by atoms with van der Waals surface area (Å²) < 4.78 is 0. The van der Waals surface area contributed by atoms with Crippen molar-refractivity contribution >= 4 is 28.8 Å². The van der Waals surface area contributed by atoms with Crippen LogP contribution in [0.15, 0.2) is 59.8 Å². The molecule has 1 aliphatic heterocycles. The van der Waals surface area contributed by atoms with E-state index >= 15 is 0 Å². The topological polar surface area (TPSA) is 52.7 Å². The zero-order valence-corrected chi connectivity index (χ0v) is 17.9. The van der Waals surface area contributed by atoms with Crippen molar-refractivity contribution in [3.05, 3.63) is 65.4 Å². The lowest BCUT2D eigenvalue weighted by Gasteiger charge is -2.34. The average Bonchev–Trinajstić information content (AvgIpc) is 2.89. The van der Waals surface area contributed by atoms with Gasteiger partial charge < -0.3 is 10.2 Å². The van der Waals surface area contributed by atoms with Crippen LogP contribution in [0.2, 0.25) is 0 Å². The van der Waals surface area contributed by atoms with Crippen LogP contribution in [-0.2, 0) is 9.59 Å². The number of nitrogens with zero attached hydrogens (tertiary/aromatic N) is 2. The molecule has 1 heterocycles. The van der Waals surface area contributed by atoms with E-state index < -0.39 is 6.04 Å². The predicted octanol–water partition coefficient (Wildman–Crippen LogP) is 5.06. The Kier molecular flexibility index (Phi) is 5.62. The van der Waals surface area contributed by atoms with Crippen molar-refractivity contribution in [1.29, 1.82) is 0 Å². The molecule has 1 unspecified atom stereocenters. The summed E-state index contributed by atoms with van der Waals surface area (Å²) in [6, 6.07) is 15.7. The summed E-state index contributed by atoms with van der Waals surface area (Å²) in [6.07, 6.45) is 3.38. The number of hydrogen-bond donors (Lipinski definition) is 1. The molecule has 1 atom stereocenters. The van der Waals surface area contributed by atoms with Gasteiger partial charge in [-0.3, -0.25) is 14.5 Å². The van der Waals surface area contributed by atoms with Gasteiger partial charge in [0.25, 0.3) is 0 Å². The molecule has 156 valence electrons. The van der Waals surface area contributed by atoms with Crippen molar-refractivity contribution in [2.24, 2.45) is 0 Å². The molecule has 1 amide bonds. The molecule has 0 spiro atoms. The lowest BCUT2D eigenvalue weighted by Crippen LogP contribution is -2.37. The van der Waals surface area contributed by atoms with Gasteiger partial charge in [0.1, 0.15) is 0 Å². The number of hydrogen-bond acceptors (Lipinski definition) is 4. The highest BCUT2D eigenvalue weighted by molar-refractivity contribution is 6.06. The van der Waals surface area contributed by atoms with E-state index in [4.69, 9.17) is 0 Å². The molecule has 0 aromatic heterocycles. The van der Waals surface area contributed by atoms with Crippen molar-refractivity contribution in [2.75, 3.05) is 29.2 Å². The van der Waals surface area contributed by atoms with Crippen molar-refractivity contribution in [1.82, 2.24) is 0 Å². The molecule has 5 heteroatoms. The minimum absolute atomic E-state index is 0.0422. The molecule has 0 bridgehead atoms. The second-order valence-corrected chi connectivity index (χ2v) is 8.21. The molecule has 1 N–H and O–H groups in total. The van der Waals surface area contributed by atoms with Crippen LogP contribution in [0, 0.1) is 0 Å². The van der Waals surface area contributed by atoms with Crippen LogP contribution in [0.1, 0.15) is 50.6 Å². The second kappa shape index (κ2) is 8.34. The van der Waals surface area contributed by atoms with Crippen molar-refractivity contribution in [3.8, 4) is 0 Å². The number of carbonyl (C=O) groups is 2. The van der Waals surface area contributed by atoms with Crippen LogP contribution in [-0.4, -0.2) is 25.8 Å². The molecule has 5 nitrogen and oxygen atoms in total.